The van der Waals surface area contributed by atoms with Gasteiger partial charge in [-0.3, -0.25) is 18.7 Å². The van der Waals surface area contributed by atoms with Crippen LogP contribution in [0.3, 0.4) is 0 Å². The molecule has 2 aromatic carbocycles. The maximum atomic E-state index is 13.3. The molecular formula is C23H22N4O3. The Morgan fingerprint density at radius 3 is 2.17 bits per heavy atom. The lowest BCUT2D eigenvalue weighted by Gasteiger charge is -2.31. The Bertz CT molecular complexity index is 1270. The number of amides is 1. The van der Waals surface area contributed by atoms with Crippen LogP contribution in [-0.4, -0.2) is 15.0 Å². The third-order valence-corrected chi connectivity index (χ3v) is 5.40. The third-order valence-electron chi connectivity index (χ3n) is 5.40. The number of allylic oxidation sites excluding steroid dienone is 1. The van der Waals surface area contributed by atoms with E-state index in [1.807, 2.05) is 48.5 Å². The Hall–Kier alpha value is -3.87. The van der Waals surface area contributed by atoms with Crippen molar-refractivity contribution in [1.29, 1.82) is 0 Å². The van der Waals surface area contributed by atoms with Crippen LogP contribution in [0.4, 0.5) is 11.5 Å². The predicted molar refractivity (Wildman–Crippen MR) is 117 cm³/mol. The average molecular weight is 402 g/mol. The summed E-state index contributed by atoms with van der Waals surface area (Å²) in [5, 5.41) is 6.04. The lowest BCUT2D eigenvalue weighted by Crippen LogP contribution is -2.43. The zero-order valence-corrected chi connectivity index (χ0v) is 17.0. The second-order valence-electron chi connectivity index (χ2n) is 7.30. The quantitative estimate of drug-likeness (QED) is 0.705. The van der Waals surface area contributed by atoms with Gasteiger partial charge in [-0.25, -0.2) is 4.79 Å². The van der Waals surface area contributed by atoms with Crippen molar-refractivity contribution in [3.05, 3.63) is 104 Å². The first-order valence-electron chi connectivity index (χ1n) is 9.59. The standard InChI is InChI=1S/C23H22N4O3/c1-14-17(21(28)25-16-12-8-5-9-13-16)18(15-10-6-4-7-11-15)19-20(24-14)26(2)23(30)27(3)22(19)29/h4-13,18,24H,1-3H3,(H,25,28)/t18-/m0/s1. The zero-order chi connectivity index (χ0) is 21.4. The van der Waals surface area contributed by atoms with Crippen LogP contribution in [0.15, 0.2) is 81.5 Å². The molecule has 0 spiro atoms. The highest BCUT2D eigenvalue weighted by atomic mass is 16.2. The van der Waals surface area contributed by atoms with Gasteiger partial charge in [0.2, 0.25) is 0 Å². The van der Waals surface area contributed by atoms with Crippen LogP contribution < -0.4 is 21.9 Å². The molecule has 0 radical (unpaired) electrons. The van der Waals surface area contributed by atoms with E-state index in [1.165, 1.54) is 11.6 Å². The molecular weight excluding hydrogens is 380 g/mol. The van der Waals surface area contributed by atoms with Crippen molar-refractivity contribution >= 4 is 17.4 Å². The Kier molecular flexibility index (Phi) is 4.87. The first-order valence-corrected chi connectivity index (χ1v) is 9.59. The van der Waals surface area contributed by atoms with Crippen molar-refractivity contribution in [1.82, 2.24) is 9.13 Å². The van der Waals surface area contributed by atoms with E-state index in [0.717, 1.165) is 10.1 Å². The van der Waals surface area contributed by atoms with Gasteiger partial charge >= 0.3 is 5.69 Å². The van der Waals surface area contributed by atoms with Gasteiger partial charge in [-0.15, -0.1) is 0 Å². The van der Waals surface area contributed by atoms with Crippen molar-refractivity contribution in [2.45, 2.75) is 12.8 Å². The van der Waals surface area contributed by atoms with Crippen molar-refractivity contribution in [2.24, 2.45) is 14.1 Å². The number of benzene rings is 2. The fourth-order valence-corrected chi connectivity index (χ4v) is 3.89. The molecule has 0 unspecified atom stereocenters. The molecule has 3 aromatic rings. The topological polar surface area (TPSA) is 85.1 Å². The van der Waals surface area contributed by atoms with Gasteiger partial charge in [-0.1, -0.05) is 48.5 Å². The lowest BCUT2D eigenvalue weighted by atomic mass is 9.81. The Morgan fingerprint density at radius 2 is 1.53 bits per heavy atom. The van der Waals surface area contributed by atoms with Gasteiger partial charge in [-0.2, -0.15) is 0 Å². The van der Waals surface area contributed by atoms with E-state index in [4.69, 9.17) is 0 Å². The normalized spacial score (nSPS) is 15.4. The van der Waals surface area contributed by atoms with E-state index < -0.39 is 17.2 Å². The van der Waals surface area contributed by atoms with Gasteiger partial charge in [0.25, 0.3) is 11.5 Å². The Balaban J connectivity index is 1.94. The predicted octanol–water partition coefficient (Wildman–Crippen LogP) is 2.55. The van der Waals surface area contributed by atoms with Crippen LogP contribution in [-0.2, 0) is 18.9 Å². The molecule has 2 N–H and O–H groups in total. The summed E-state index contributed by atoms with van der Waals surface area (Å²) in [7, 11) is 3.06. The van der Waals surface area contributed by atoms with Crippen molar-refractivity contribution < 1.29 is 4.79 Å². The first kappa shape index (κ1) is 19.4. The number of para-hydroxylation sites is 1. The third kappa shape index (κ3) is 3.14. The highest BCUT2D eigenvalue weighted by molar-refractivity contribution is 6.07. The van der Waals surface area contributed by atoms with E-state index in [0.29, 0.717) is 28.3 Å². The van der Waals surface area contributed by atoms with Crippen LogP contribution in [0.5, 0.6) is 0 Å². The highest BCUT2D eigenvalue weighted by Gasteiger charge is 2.36. The minimum Gasteiger partial charge on any atom is -0.344 e. The summed E-state index contributed by atoms with van der Waals surface area (Å²) in [6.07, 6.45) is 0. The monoisotopic (exact) mass is 402 g/mol. The summed E-state index contributed by atoms with van der Waals surface area (Å²) >= 11 is 0. The summed E-state index contributed by atoms with van der Waals surface area (Å²) < 4.78 is 2.48. The molecule has 7 nitrogen and oxygen atoms in total. The molecule has 1 aliphatic rings. The molecule has 0 saturated carbocycles. The summed E-state index contributed by atoms with van der Waals surface area (Å²) in [6.45, 7) is 1.78. The number of nitrogens with one attached hydrogen (secondary N) is 2. The minimum absolute atomic E-state index is 0.304. The zero-order valence-electron chi connectivity index (χ0n) is 17.0. The number of hydrogen-bond acceptors (Lipinski definition) is 4. The molecule has 1 aromatic heterocycles. The molecule has 0 bridgehead atoms. The van der Waals surface area contributed by atoms with Crippen LogP contribution in [0, 0.1) is 0 Å². The fraction of sp³-hybridized carbons (Fsp3) is 0.174. The summed E-state index contributed by atoms with van der Waals surface area (Å²) in [5.41, 5.74) is 2.01. The average Bonchev–Trinajstić information content (AvgIpc) is 2.76. The van der Waals surface area contributed by atoms with E-state index in [2.05, 4.69) is 10.6 Å². The number of aromatic nitrogens is 2. The summed E-state index contributed by atoms with van der Waals surface area (Å²) in [6, 6.07) is 18.5. The van der Waals surface area contributed by atoms with Crippen LogP contribution >= 0.6 is 0 Å². The maximum absolute atomic E-state index is 13.3. The van der Waals surface area contributed by atoms with Gasteiger partial charge in [0.05, 0.1) is 11.5 Å². The minimum atomic E-state index is -0.614. The van der Waals surface area contributed by atoms with Crippen LogP contribution in [0.1, 0.15) is 24.0 Å². The van der Waals surface area contributed by atoms with E-state index in [-0.39, 0.29) is 5.91 Å². The number of rotatable bonds is 3. The number of fused-ring (bicyclic) bond motifs is 1. The number of anilines is 2. The molecule has 1 amide bonds. The second kappa shape index (κ2) is 7.51. The molecule has 1 aliphatic heterocycles. The number of hydrogen-bond donors (Lipinski definition) is 2. The van der Waals surface area contributed by atoms with Crippen molar-refractivity contribution in [3.63, 3.8) is 0 Å². The molecule has 30 heavy (non-hydrogen) atoms. The maximum Gasteiger partial charge on any atom is 0.332 e. The summed E-state index contributed by atoms with van der Waals surface area (Å²) in [5.74, 6) is -0.510. The second-order valence-corrected chi connectivity index (χ2v) is 7.30. The molecule has 4 rings (SSSR count). The number of carbonyl (C=O) groups excluding carboxylic acids is 1. The molecule has 0 aliphatic carbocycles. The fourth-order valence-electron chi connectivity index (χ4n) is 3.89. The van der Waals surface area contributed by atoms with Crippen LogP contribution in [0.25, 0.3) is 0 Å². The first-order chi connectivity index (χ1) is 14.4. The van der Waals surface area contributed by atoms with Gasteiger partial charge in [0.1, 0.15) is 5.82 Å². The molecule has 0 saturated heterocycles. The van der Waals surface area contributed by atoms with E-state index in [1.54, 1.807) is 26.1 Å². The molecule has 2 heterocycles. The van der Waals surface area contributed by atoms with Crippen molar-refractivity contribution in [3.8, 4) is 0 Å². The smallest absolute Gasteiger partial charge is 0.332 e. The Morgan fingerprint density at radius 1 is 0.933 bits per heavy atom. The number of nitrogens with zero attached hydrogens (tertiary/aromatic N) is 2. The van der Waals surface area contributed by atoms with Gasteiger partial charge in [0.15, 0.2) is 0 Å². The van der Waals surface area contributed by atoms with Gasteiger partial charge < -0.3 is 10.6 Å². The molecule has 152 valence electrons. The largest absolute Gasteiger partial charge is 0.344 e. The van der Waals surface area contributed by atoms with Gasteiger partial charge in [0, 0.05) is 31.1 Å². The molecule has 1 atom stereocenters. The number of carbonyl (C=O) groups is 1. The SMILES string of the molecule is CC1=C(C(=O)Nc2ccccc2)[C@H](c2ccccc2)c2c(n(C)c(=O)n(C)c2=O)N1. The molecule has 0 fully saturated rings. The van der Waals surface area contributed by atoms with Crippen molar-refractivity contribution in [2.75, 3.05) is 10.6 Å². The van der Waals surface area contributed by atoms with Crippen LogP contribution in [0.2, 0.25) is 0 Å². The Labute approximate surface area is 173 Å². The van der Waals surface area contributed by atoms with Gasteiger partial charge in [-0.05, 0) is 24.6 Å². The lowest BCUT2D eigenvalue weighted by molar-refractivity contribution is -0.113. The van der Waals surface area contributed by atoms with E-state index >= 15 is 0 Å². The van der Waals surface area contributed by atoms with E-state index in [9.17, 15) is 14.4 Å². The molecule has 7 heteroatoms. The highest BCUT2D eigenvalue weighted by Crippen LogP contribution is 2.39. The summed E-state index contributed by atoms with van der Waals surface area (Å²) in [4.78, 5) is 39.0.